The molecule has 2 heterocycles. The van der Waals surface area contributed by atoms with Crippen molar-refractivity contribution in [1.29, 1.82) is 0 Å². The van der Waals surface area contributed by atoms with Gasteiger partial charge in [-0.15, -0.1) is 5.10 Å². The molecule has 1 aromatic heterocycles. The average molecular weight is 368 g/mol. The van der Waals surface area contributed by atoms with Crippen molar-refractivity contribution in [3.63, 3.8) is 0 Å². The smallest absolute Gasteiger partial charge is 0.264 e. The molecule has 1 aliphatic rings. The van der Waals surface area contributed by atoms with Gasteiger partial charge in [-0.2, -0.15) is 4.98 Å². The lowest BCUT2D eigenvalue weighted by atomic mass is 10.0. The molecule has 1 atom stereocenters. The fourth-order valence-corrected chi connectivity index (χ4v) is 3.73. The molecule has 0 radical (unpaired) electrons. The molecular weight excluding hydrogens is 354 g/mol. The van der Waals surface area contributed by atoms with Gasteiger partial charge in [0.05, 0.1) is 10.9 Å². The maximum Gasteiger partial charge on any atom is 0.264 e. The normalized spacial score (nSPS) is 16.6. The van der Waals surface area contributed by atoms with E-state index in [4.69, 9.17) is 0 Å². The molecular formula is C17H14N5O3S-. The van der Waals surface area contributed by atoms with Crippen LogP contribution in [0.15, 0.2) is 70.6 Å². The predicted octanol–water partition coefficient (Wildman–Crippen LogP) is 1.46. The number of rotatable bonds is 4. The zero-order valence-electron chi connectivity index (χ0n) is 13.5. The highest BCUT2D eigenvalue weighted by atomic mass is 32.2. The number of hydrogen-bond donors (Lipinski definition) is 1. The van der Waals surface area contributed by atoms with Crippen molar-refractivity contribution >= 4 is 27.8 Å². The van der Waals surface area contributed by atoms with E-state index in [-0.39, 0.29) is 35.2 Å². The summed E-state index contributed by atoms with van der Waals surface area (Å²) in [4.78, 5) is 8.02. The molecule has 0 spiro atoms. The molecule has 3 aromatic rings. The fraction of sp³-hybridized carbons (Fsp3) is 0.118. The van der Waals surface area contributed by atoms with Gasteiger partial charge in [0, 0.05) is 6.42 Å². The highest BCUT2D eigenvalue weighted by Gasteiger charge is 2.25. The zero-order valence-corrected chi connectivity index (χ0v) is 14.3. The first-order valence-electron chi connectivity index (χ1n) is 7.87. The molecule has 0 saturated heterocycles. The molecule has 0 unspecified atom stereocenters. The summed E-state index contributed by atoms with van der Waals surface area (Å²) in [5.74, 6) is -0.361. The number of aliphatic imine (C=N–C) groups is 1. The van der Waals surface area contributed by atoms with E-state index in [1.54, 1.807) is 18.2 Å². The van der Waals surface area contributed by atoms with Crippen LogP contribution in [0.3, 0.4) is 0 Å². The summed E-state index contributed by atoms with van der Waals surface area (Å²) < 4.78 is 28.7. The number of aromatic nitrogens is 3. The molecule has 1 N–H and O–H groups in total. The number of nitrogens with one attached hydrogen (secondary N) is 1. The Labute approximate surface area is 149 Å². The van der Waals surface area contributed by atoms with Crippen LogP contribution in [0.4, 0.5) is 11.9 Å². The second-order valence-corrected chi connectivity index (χ2v) is 7.42. The van der Waals surface area contributed by atoms with Crippen LogP contribution in [-0.2, 0) is 10.0 Å². The Kier molecular flexibility index (Phi) is 3.92. The second-order valence-electron chi connectivity index (χ2n) is 5.73. The lowest BCUT2D eigenvalue weighted by Gasteiger charge is -2.25. The first kappa shape index (κ1) is 16.3. The van der Waals surface area contributed by atoms with Crippen LogP contribution in [0.5, 0.6) is 0 Å². The highest BCUT2D eigenvalue weighted by Crippen LogP contribution is 2.31. The maximum atomic E-state index is 12.4. The third-order valence-corrected chi connectivity index (χ3v) is 5.31. The molecule has 4 rings (SSSR count). The van der Waals surface area contributed by atoms with Crippen molar-refractivity contribution in [2.75, 3.05) is 4.72 Å². The molecule has 26 heavy (non-hydrogen) atoms. The molecule has 2 aromatic carbocycles. The van der Waals surface area contributed by atoms with Crippen LogP contribution in [0.25, 0.3) is 0 Å². The number of nitrogens with zero attached hydrogens (tertiary/aromatic N) is 4. The minimum absolute atomic E-state index is 0.0841. The zero-order chi connectivity index (χ0) is 18.1. The Morgan fingerprint density at radius 3 is 2.38 bits per heavy atom. The van der Waals surface area contributed by atoms with Gasteiger partial charge in [0.15, 0.2) is 0 Å². The van der Waals surface area contributed by atoms with Crippen molar-refractivity contribution in [2.24, 2.45) is 4.99 Å². The fourth-order valence-electron chi connectivity index (χ4n) is 2.77. The van der Waals surface area contributed by atoms with Gasteiger partial charge in [-0.3, -0.25) is 0 Å². The number of anilines is 1. The SMILES string of the molecule is O=S(=O)(Nc1nc2n(n1)[C@H](c1ccccc1)CC([O-])=N2)c1ccccc1. The van der Waals surface area contributed by atoms with Crippen molar-refractivity contribution < 1.29 is 13.5 Å². The molecule has 0 amide bonds. The summed E-state index contributed by atoms with van der Waals surface area (Å²) in [6.07, 6.45) is 0.144. The summed E-state index contributed by atoms with van der Waals surface area (Å²) in [5, 5.41) is 16.2. The van der Waals surface area contributed by atoms with Crippen LogP contribution in [0, 0.1) is 0 Å². The van der Waals surface area contributed by atoms with E-state index in [1.807, 2.05) is 30.3 Å². The van der Waals surface area contributed by atoms with E-state index in [9.17, 15) is 13.5 Å². The van der Waals surface area contributed by atoms with Gasteiger partial charge >= 0.3 is 0 Å². The van der Waals surface area contributed by atoms with E-state index in [1.165, 1.54) is 16.8 Å². The van der Waals surface area contributed by atoms with Crippen molar-refractivity contribution in [2.45, 2.75) is 17.4 Å². The summed E-state index contributed by atoms with van der Waals surface area (Å²) in [6.45, 7) is 0. The van der Waals surface area contributed by atoms with E-state index in [0.717, 1.165) is 5.56 Å². The Bertz CT molecular complexity index is 1060. The van der Waals surface area contributed by atoms with E-state index in [2.05, 4.69) is 19.8 Å². The summed E-state index contributed by atoms with van der Waals surface area (Å²) in [5.41, 5.74) is 0.874. The first-order chi connectivity index (χ1) is 12.5. The molecule has 1 aliphatic heterocycles. The Balaban J connectivity index is 1.70. The van der Waals surface area contributed by atoms with Gasteiger partial charge in [-0.25, -0.2) is 22.8 Å². The van der Waals surface area contributed by atoms with Gasteiger partial charge in [0.1, 0.15) is 0 Å². The average Bonchev–Trinajstić information content (AvgIpc) is 3.03. The number of sulfonamides is 1. The van der Waals surface area contributed by atoms with Crippen LogP contribution in [-0.4, -0.2) is 29.1 Å². The molecule has 0 saturated carbocycles. The summed E-state index contributed by atoms with van der Waals surface area (Å²) in [6, 6.07) is 16.9. The van der Waals surface area contributed by atoms with Gasteiger partial charge < -0.3 is 5.11 Å². The molecule has 0 aliphatic carbocycles. The number of fused-ring (bicyclic) bond motifs is 1. The summed E-state index contributed by atoms with van der Waals surface area (Å²) in [7, 11) is -3.82. The van der Waals surface area contributed by atoms with Gasteiger partial charge in [-0.1, -0.05) is 48.5 Å². The van der Waals surface area contributed by atoms with Crippen molar-refractivity contribution in [1.82, 2.24) is 14.8 Å². The van der Waals surface area contributed by atoms with E-state index in [0.29, 0.717) is 0 Å². The molecule has 0 bridgehead atoms. The van der Waals surface area contributed by atoms with E-state index >= 15 is 0 Å². The minimum atomic E-state index is -3.82. The van der Waals surface area contributed by atoms with Crippen LogP contribution >= 0.6 is 0 Å². The van der Waals surface area contributed by atoms with Gasteiger partial charge in [0.25, 0.3) is 16.0 Å². The lowest BCUT2D eigenvalue weighted by Crippen LogP contribution is -2.28. The van der Waals surface area contributed by atoms with Gasteiger partial charge in [-0.05, 0) is 23.6 Å². The third-order valence-electron chi connectivity index (χ3n) is 3.96. The topological polar surface area (TPSA) is 112 Å². The summed E-state index contributed by atoms with van der Waals surface area (Å²) >= 11 is 0. The van der Waals surface area contributed by atoms with Crippen molar-refractivity contribution in [3.8, 4) is 0 Å². The molecule has 9 heteroatoms. The number of hydrogen-bond acceptors (Lipinski definition) is 6. The first-order valence-corrected chi connectivity index (χ1v) is 9.35. The van der Waals surface area contributed by atoms with Crippen LogP contribution in [0.1, 0.15) is 18.0 Å². The van der Waals surface area contributed by atoms with Gasteiger partial charge in [0.2, 0.25) is 5.95 Å². The largest absolute Gasteiger partial charge is 0.862 e. The standard InChI is InChI=1S/C17H15N5O3S/c23-15-11-14(12-7-3-1-4-8-12)22-17(18-15)19-16(20-22)21-26(24,25)13-9-5-2-6-10-13/h1-10,14H,11H2,(H2,18,19,20,21,23)/p-1/t14-/m0/s1. The van der Waals surface area contributed by atoms with E-state index < -0.39 is 10.0 Å². The predicted molar refractivity (Wildman–Crippen MR) is 93.6 cm³/mol. The Morgan fingerprint density at radius 1 is 1.04 bits per heavy atom. The lowest BCUT2D eigenvalue weighted by molar-refractivity contribution is -0.219. The Hall–Kier alpha value is -3.20. The monoisotopic (exact) mass is 368 g/mol. The number of benzene rings is 2. The highest BCUT2D eigenvalue weighted by molar-refractivity contribution is 7.92. The maximum absolute atomic E-state index is 12.4. The third kappa shape index (κ3) is 3.04. The van der Waals surface area contributed by atoms with Crippen molar-refractivity contribution in [3.05, 3.63) is 66.2 Å². The molecule has 0 fully saturated rings. The minimum Gasteiger partial charge on any atom is -0.862 e. The quantitative estimate of drug-likeness (QED) is 0.749. The molecule has 132 valence electrons. The Morgan fingerprint density at radius 2 is 1.69 bits per heavy atom. The molecule has 8 nitrogen and oxygen atoms in total. The van der Waals surface area contributed by atoms with Crippen LogP contribution < -0.4 is 9.83 Å². The van der Waals surface area contributed by atoms with Crippen LogP contribution in [0.2, 0.25) is 0 Å². The second kappa shape index (κ2) is 6.26.